The molecule has 0 fully saturated rings. The predicted molar refractivity (Wildman–Crippen MR) is 48.8 cm³/mol. The molecule has 1 heterocycles. The predicted octanol–water partition coefficient (Wildman–Crippen LogP) is 0.0687. The third kappa shape index (κ3) is 1.51. The number of hydrogen-bond donors (Lipinski definition) is 0. The van der Waals surface area contributed by atoms with Crippen LogP contribution >= 0.6 is 11.6 Å². The highest BCUT2D eigenvalue weighted by Gasteiger charge is 2.40. The Morgan fingerprint density at radius 3 is 2.25 bits per heavy atom. The fourth-order valence-corrected chi connectivity index (χ4v) is 3.02. The zero-order chi connectivity index (χ0) is 9.52. The van der Waals surface area contributed by atoms with Gasteiger partial charge >= 0.3 is 0 Å². The summed E-state index contributed by atoms with van der Waals surface area (Å²) in [5, 5.41) is 3.42. The Kier molecular flexibility index (Phi) is 2.27. The summed E-state index contributed by atoms with van der Waals surface area (Å²) in [5.41, 5.74) is 0.519. The van der Waals surface area contributed by atoms with Gasteiger partial charge in [0.05, 0.1) is 0 Å². The largest absolute Gasteiger partial charge is 0.300 e. The van der Waals surface area contributed by atoms with E-state index in [0.29, 0.717) is 5.71 Å². The molecule has 0 aromatic carbocycles. The van der Waals surface area contributed by atoms with Crippen LogP contribution in [0.5, 0.6) is 0 Å². The van der Waals surface area contributed by atoms with Crippen LogP contribution in [-0.2, 0) is 9.84 Å². The lowest BCUT2D eigenvalue weighted by molar-refractivity contribution is -0.497. The molecule has 1 aliphatic heterocycles. The van der Waals surface area contributed by atoms with Crippen molar-refractivity contribution in [2.75, 3.05) is 13.3 Å². The molecule has 0 radical (unpaired) electrons. The third-order valence-corrected chi connectivity index (χ3v) is 3.65. The second-order valence-electron chi connectivity index (χ2n) is 2.80. The lowest BCUT2D eigenvalue weighted by Crippen LogP contribution is -2.31. The number of rotatable bonds is 1. The van der Waals surface area contributed by atoms with Crippen LogP contribution in [0.15, 0.2) is 5.10 Å². The molecule has 0 amide bonds. The van der Waals surface area contributed by atoms with Crippen molar-refractivity contribution in [3.8, 4) is 0 Å². The summed E-state index contributed by atoms with van der Waals surface area (Å²) in [6.45, 7) is 1.65. The van der Waals surface area contributed by atoms with Gasteiger partial charge in [-0.2, -0.15) is 0 Å². The Morgan fingerprint density at radius 2 is 2.08 bits per heavy atom. The zero-order valence-corrected chi connectivity index (χ0v) is 8.65. The minimum Gasteiger partial charge on any atom is -0.228 e. The van der Waals surface area contributed by atoms with E-state index in [-0.39, 0.29) is 5.17 Å². The topological polar surface area (TPSA) is 49.5 Å². The van der Waals surface area contributed by atoms with E-state index in [9.17, 15) is 8.42 Å². The highest BCUT2D eigenvalue weighted by molar-refractivity contribution is 7.93. The number of nitrogens with zero attached hydrogens (tertiary/aromatic N) is 2. The third-order valence-electron chi connectivity index (χ3n) is 1.64. The molecule has 1 aliphatic rings. The van der Waals surface area contributed by atoms with Crippen LogP contribution in [0.1, 0.15) is 6.92 Å². The fourth-order valence-electron chi connectivity index (χ4n) is 1.17. The Labute approximate surface area is 76.5 Å². The van der Waals surface area contributed by atoms with E-state index in [0.717, 1.165) is 6.26 Å². The molecule has 0 spiro atoms. The first-order chi connectivity index (χ1) is 5.34. The van der Waals surface area contributed by atoms with E-state index in [2.05, 4.69) is 5.10 Å². The average Bonchev–Trinajstić information content (AvgIpc) is 2.05. The molecule has 68 valence electrons. The summed E-state index contributed by atoms with van der Waals surface area (Å²) in [5.74, 6) is 0. The van der Waals surface area contributed by atoms with Gasteiger partial charge in [0.25, 0.3) is 5.17 Å². The summed E-state index contributed by atoms with van der Waals surface area (Å²) in [4.78, 5) is 0. The molecule has 0 saturated carbocycles. The van der Waals surface area contributed by atoms with Crippen molar-refractivity contribution < 1.29 is 13.1 Å². The van der Waals surface area contributed by atoms with Crippen LogP contribution in [0.25, 0.3) is 0 Å². The summed E-state index contributed by atoms with van der Waals surface area (Å²) in [7, 11) is -1.55. The maximum atomic E-state index is 11.2. The van der Waals surface area contributed by atoms with Crippen LogP contribution in [-0.4, -0.2) is 42.5 Å². The average molecular weight is 210 g/mol. The number of sulfone groups is 1. The van der Waals surface area contributed by atoms with Crippen LogP contribution in [0, 0.1) is 0 Å². The molecular weight excluding hydrogens is 200 g/mol. The molecule has 1 atom stereocenters. The van der Waals surface area contributed by atoms with Gasteiger partial charge in [0, 0.05) is 6.26 Å². The molecule has 0 saturated heterocycles. The maximum Gasteiger partial charge on any atom is 0.300 e. The van der Waals surface area contributed by atoms with Crippen molar-refractivity contribution in [1.82, 2.24) is 0 Å². The van der Waals surface area contributed by atoms with Crippen LogP contribution < -0.4 is 0 Å². The standard InChI is InChI=1S/C6H10ClN2O2S/c1-4-5(12(3,10)11)6(7)9(2)8-4/h5H,1-3H3/q+1. The van der Waals surface area contributed by atoms with Crippen molar-refractivity contribution in [2.45, 2.75) is 12.2 Å². The number of hydrazone groups is 1. The van der Waals surface area contributed by atoms with E-state index in [1.165, 1.54) is 4.68 Å². The zero-order valence-electron chi connectivity index (χ0n) is 7.07. The molecule has 0 bridgehead atoms. The lowest BCUT2D eigenvalue weighted by atomic mass is 10.3. The van der Waals surface area contributed by atoms with Crippen molar-refractivity contribution in [3.05, 3.63) is 0 Å². The molecular formula is C6H10ClN2O2S+. The van der Waals surface area contributed by atoms with Crippen molar-refractivity contribution in [3.63, 3.8) is 0 Å². The van der Waals surface area contributed by atoms with Gasteiger partial charge in [0.15, 0.2) is 16.9 Å². The SMILES string of the molecule is CC1=N[N+](C)=C(Cl)C1S(C)(=O)=O. The van der Waals surface area contributed by atoms with Gasteiger partial charge < -0.3 is 0 Å². The molecule has 4 nitrogen and oxygen atoms in total. The number of hydrogen-bond acceptors (Lipinski definition) is 3. The molecule has 0 aromatic heterocycles. The minimum absolute atomic E-state index is 0.245. The van der Waals surface area contributed by atoms with Gasteiger partial charge in [-0.25, -0.2) is 8.42 Å². The Morgan fingerprint density at radius 1 is 1.58 bits per heavy atom. The van der Waals surface area contributed by atoms with E-state index in [1.54, 1.807) is 14.0 Å². The summed E-state index contributed by atoms with van der Waals surface area (Å²) in [6, 6.07) is 0. The minimum atomic E-state index is -3.18. The van der Waals surface area contributed by atoms with Gasteiger partial charge in [0.1, 0.15) is 5.71 Å². The molecule has 6 heteroatoms. The van der Waals surface area contributed by atoms with Crippen molar-refractivity contribution in [2.24, 2.45) is 5.10 Å². The number of halogens is 1. The van der Waals surface area contributed by atoms with E-state index in [4.69, 9.17) is 11.6 Å². The lowest BCUT2D eigenvalue weighted by Gasteiger charge is -2.00. The second-order valence-corrected chi connectivity index (χ2v) is 5.31. The van der Waals surface area contributed by atoms with E-state index < -0.39 is 15.1 Å². The Balaban J connectivity index is 3.20. The Hall–Kier alpha value is -0.420. The van der Waals surface area contributed by atoms with Crippen LogP contribution in [0.3, 0.4) is 0 Å². The first kappa shape index (κ1) is 9.67. The molecule has 12 heavy (non-hydrogen) atoms. The fraction of sp³-hybridized carbons (Fsp3) is 0.667. The smallest absolute Gasteiger partial charge is 0.228 e. The molecule has 0 aliphatic carbocycles. The molecule has 1 rings (SSSR count). The summed E-state index contributed by atoms with van der Waals surface area (Å²) in [6.07, 6.45) is 1.15. The van der Waals surface area contributed by atoms with Gasteiger partial charge in [-0.15, -0.1) is 0 Å². The molecule has 1 unspecified atom stereocenters. The van der Waals surface area contributed by atoms with Gasteiger partial charge in [-0.05, 0) is 23.6 Å². The first-order valence-corrected chi connectivity index (χ1v) is 5.67. The van der Waals surface area contributed by atoms with Gasteiger partial charge in [-0.1, -0.05) is 4.68 Å². The van der Waals surface area contributed by atoms with Gasteiger partial charge in [0.2, 0.25) is 5.25 Å². The summed E-state index contributed by atoms with van der Waals surface area (Å²) >= 11 is 5.76. The highest BCUT2D eigenvalue weighted by atomic mass is 35.5. The maximum absolute atomic E-state index is 11.2. The second kappa shape index (κ2) is 2.81. The van der Waals surface area contributed by atoms with Crippen molar-refractivity contribution in [1.29, 1.82) is 0 Å². The van der Waals surface area contributed by atoms with E-state index >= 15 is 0 Å². The molecule has 0 aromatic rings. The van der Waals surface area contributed by atoms with Crippen LogP contribution in [0.2, 0.25) is 0 Å². The monoisotopic (exact) mass is 209 g/mol. The quantitative estimate of drug-likeness (QED) is 0.574. The Bertz CT molecular complexity index is 369. The first-order valence-electron chi connectivity index (χ1n) is 3.34. The molecule has 0 N–H and O–H groups in total. The highest BCUT2D eigenvalue weighted by Crippen LogP contribution is 2.13. The van der Waals surface area contributed by atoms with E-state index in [1.807, 2.05) is 0 Å². The van der Waals surface area contributed by atoms with Gasteiger partial charge in [-0.3, -0.25) is 0 Å². The summed E-state index contributed by atoms with van der Waals surface area (Å²) < 4.78 is 23.8. The van der Waals surface area contributed by atoms with Crippen LogP contribution in [0.4, 0.5) is 0 Å². The normalized spacial score (nSPS) is 24.7. The van der Waals surface area contributed by atoms with Crippen molar-refractivity contribution >= 4 is 32.3 Å².